The van der Waals surface area contributed by atoms with Gasteiger partial charge in [-0.25, -0.2) is 9.59 Å². The molecule has 0 bridgehead atoms. The highest BCUT2D eigenvalue weighted by atomic mass is 35.5. The standard InChI is InChI=1S/C28H23Cl2N3O6S4/c29-16-3-4-19(30)21(10-16)42-14-22(34)31-23-25(35)33-24(28(38)39)15(13-43-26(23)33)12-41-17-5-7-32(8-6-17)20(27(36)37)11-18-2-1-9-40-18/h1-10,20,23,26H,11-14H2,(H2-,31,34,36,37,38,39)/p+1/t20-,23-,26+/m0/s1. The molecule has 5 rings (SSSR count). The number of hydrogen-bond donors (Lipinski definition) is 3. The summed E-state index contributed by atoms with van der Waals surface area (Å²) in [6, 6.07) is 10.8. The summed E-state index contributed by atoms with van der Waals surface area (Å²) in [5.74, 6) is -2.23. The Balaban J connectivity index is 1.19. The number of carboxylic acid groups (broad SMARTS) is 2. The van der Waals surface area contributed by atoms with Crippen molar-refractivity contribution in [2.24, 2.45) is 0 Å². The quantitative estimate of drug-likeness (QED) is 0.139. The molecule has 4 heterocycles. The minimum Gasteiger partial charge on any atom is -0.477 e. The summed E-state index contributed by atoms with van der Waals surface area (Å²) in [4.78, 5) is 53.4. The minimum absolute atomic E-state index is 0.0169. The van der Waals surface area contributed by atoms with E-state index in [1.54, 1.807) is 47.3 Å². The van der Waals surface area contributed by atoms with Gasteiger partial charge in [0.25, 0.3) is 11.9 Å². The predicted molar refractivity (Wildman–Crippen MR) is 169 cm³/mol. The smallest absolute Gasteiger partial charge is 0.373 e. The molecule has 0 spiro atoms. The zero-order chi connectivity index (χ0) is 30.7. The van der Waals surface area contributed by atoms with Gasteiger partial charge in [0.1, 0.15) is 17.1 Å². The summed E-state index contributed by atoms with van der Waals surface area (Å²) in [5.41, 5.74) is 0.542. The first kappa shape index (κ1) is 31.7. The molecule has 9 nitrogen and oxygen atoms in total. The number of hydrogen-bond acceptors (Lipinski definition) is 8. The molecular formula is C28H24Cl2N3O6S4+. The number of thioether (sulfide) groups is 3. The van der Waals surface area contributed by atoms with Crippen molar-refractivity contribution < 1.29 is 34.0 Å². The molecule has 0 unspecified atom stereocenters. The molecule has 15 heteroatoms. The predicted octanol–water partition coefficient (Wildman–Crippen LogP) is 4.83. The molecule has 224 valence electrons. The van der Waals surface area contributed by atoms with Gasteiger partial charge >= 0.3 is 11.9 Å². The van der Waals surface area contributed by atoms with Gasteiger partial charge in [-0.15, -0.1) is 46.6 Å². The fourth-order valence-corrected chi connectivity index (χ4v) is 9.00. The number of carbonyl (C=O) groups is 4. The average molecular weight is 698 g/mol. The van der Waals surface area contributed by atoms with Crippen LogP contribution in [-0.4, -0.2) is 67.5 Å². The maximum Gasteiger partial charge on any atom is 0.373 e. The second kappa shape index (κ2) is 14.0. The van der Waals surface area contributed by atoms with Crippen molar-refractivity contribution in [3.05, 3.63) is 86.4 Å². The van der Waals surface area contributed by atoms with E-state index in [0.29, 0.717) is 38.4 Å². The topological polar surface area (TPSA) is 128 Å². The number of nitrogens with zero attached hydrogens (tertiary/aromatic N) is 2. The number of rotatable bonds is 12. The van der Waals surface area contributed by atoms with Crippen molar-refractivity contribution in [1.29, 1.82) is 0 Å². The molecule has 3 atom stereocenters. The monoisotopic (exact) mass is 696 g/mol. The van der Waals surface area contributed by atoms with Crippen LogP contribution in [0.4, 0.5) is 0 Å². The first-order valence-electron chi connectivity index (χ1n) is 12.8. The molecule has 43 heavy (non-hydrogen) atoms. The zero-order valence-electron chi connectivity index (χ0n) is 22.1. The van der Waals surface area contributed by atoms with Crippen LogP contribution in [-0.2, 0) is 25.6 Å². The first-order chi connectivity index (χ1) is 20.6. The van der Waals surface area contributed by atoms with Crippen LogP contribution in [0.15, 0.2) is 81.3 Å². The van der Waals surface area contributed by atoms with Crippen LogP contribution in [0, 0.1) is 0 Å². The fourth-order valence-electron chi connectivity index (χ4n) is 4.58. The van der Waals surface area contributed by atoms with Gasteiger partial charge < -0.3 is 15.5 Å². The largest absolute Gasteiger partial charge is 0.477 e. The molecular weight excluding hydrogens is 673 g/mol. The lowest BCUT2D eigenvalue weighted by molar-refractivity contribution is -0.710. The van der Waals surface area contributed by atoms with E-state index in [2.05, 4.69) is 5.32 Å². The third-order valence-electron chi connectivity index (χ3n) is 6.67. The molecule has 0 aliphatic carbocycles. The van der Waals surface area contributed by atoms with E-state index in [0.717, 1.165) is 9.77 Å². The highest BCUT2D eigenvalue weighted by molar-refractivity contribution is 8.01. The van der Waals surface area contributed by atoms with Gasteiger partial charge in [-0.05, 0) is 35.2 Å². The summed E-state index contributed by atoms with van der Waals surface area (Å²) >= 11 is 17.7. The van der Waals surface area contributed by atoms with Gasteiger partial charge in [-0.3, -0.25) is 14.5 Å². The van der Waals surface area contributed by atoms with Gasteiger partial charge in [-0.1, -0.05) is 29.3 Å². The van der Waals surface area contributed by atoms with Crippen molar-refractivity contribution in [2.45, 2.75) is 33.7 Å². The van der Waals surface area contributed by atoms with Crippen LogP contribution >= 0.6 is 69.8 Å². The van der Waals surface area contributed by atoms with Gasteiger partial charge in [0.05, 0.1) is 17.2 Å². The molecule has 2 aliphatic heterocycles. The van der Waals surface area contributed by atoms with E-state index in [-0.39, 0.29) is 17.4 Å². The summed E-state index contributed by atoms with van der Waals surface area (Å²) in [6.45, 7) is 0. The number of β-lactam (4-membered cyclic amide) rings is 1. The van der Waals surface area contributed by atoms with Crippen molar-refractivity contribution >= 4 is 93.6 Å². The number of amides is 2. The van der Waals surface area contributed by atoms with E-state index in [1.807, 2.05) is 17.5 Å². The van der Waals surface area contributed by atoms with E-state index >= 15 is 0 Å². The first-order valence-corrected chi connectivity index (χ1v) is 17.4. The van der Waals surface area contributed by atoms with Crippen molar-refractivity contribution in [3.8, 4) is 0 Å². The number of aliphatic carboxylic acids is 2. The average Bonchev–Trinajstić information content (AvgIpc) is 3.51. The Labute approximate surface area is 273 Å². The summed E-state index contributed by atoms with van der Waals surface area (Å²) in [5, 5.41) is 24.8. The number of carbonyl (C=O) groups excluding carboxylic acids is 2. The van der Waals surface area contributed by atoms with Crippen LogP contribution in [0.25, 0.3) is 0 Å². The normalized spacial score (nSPS) is 18.6. The van der Waals surface area contributed by atoms with Crippen LogP contribution in [0.5, 0.6) is 0 Å². The molecule has 3 aromatic rings. The highest BCUT2D eigenvalue weighted by Gasteiger charge is 2.54. The van der Waals surface area contributed by atoms with Crippen molar-refractivity contribution in [1.82, 2.24) is 10.2 Å². The van der Waals surface area contributed by atoms with Crippen LogP contribution in [0.3, 0.4) is 0 Å². The Morgan fingerprint density at radius 2 is 1.88 bits per heavy atom. The molecule has 1 saturated heterocycles. The molecule has 2 aromatic heterocycles. The SMILES string of the molecule is O=C(CSc1cc(Cl)ccc1Cl)N[C@H]1C(=O)N2C(C(=O)O)=C(CSc3cc[n+]([C@@H](Cc4cccs4)C(=O)O)cc3)CS[C@H]12. The van der Waals surface area contributed by atoms with Crippen LogP contribution in [0.1, 0.15) is 10.9 Å². The van der Waals surface area contributed by atoms with Gasteiger partial charge in [-0.2, -0.15) is 4.57 Å². The Kier molecular flexibility index (Phi) is 10.3. The number of nitrogens with one attached hydrogen (secondary N) is 1. The Bertz CT molecular complexity index is 1590. The number of halogens is 2. The van der Waals surface area contributed by atoms with Crippen molar-refractivity contribution in [3.63, 3.8) is 0 Å². The van der Waals surface area contributed by atoms with Gasteiger partial charge in [0, 0.05) is 43.3 Å². The maximum absolute atomic E-state index is 13.0. The van der Waals surface area contributed by atoms with Crippen LogP contribution < -0.4 is 9.88 Å². The number of pyridine rings is 1. The summed E-state index contributed by atoms with van der Waals surface area (Å²) in [6.07, 6.45) is 3.78. The minimum atomic E-state index is -1.20. The number of aromatic nitrogens is 1. The molecule has 2 amide bonds. The van der Waals surface area contributed by atoms with Gasteiger partial charge in [0.15, 0.2) is 12.4 Å². The molecule has 3 N–H and O–H groups in total. The lowest BCUT2D eigenvalue weighted by Crippen LogP contribution is -2.70. The molecule has 0 radical (unpaired) electrons. The number of benzene rings is 1. The molecule has 0 saturated carbocycles. The second-order valence-electron chi connectivity index (χ2n) is 9.48. The Morgan fingerprint density at radius 3 is 2.56 bits per heavy atom. The maximum atomic E-state index is 13.0. The third-order valence-corrected chi connectivity index (χ3v) is 11.7. The van der Waals surface area contributed by atoms with E-state index in [4.69, 9.17) is 23.2 Å². The van der Waals surface area contributed by atoms with Crippen LogP contribution in [0.2, 0.25) is 10.0 Å². The summed E-state index contributed by atoms with van der Waals surface area (Å²) < 4.78 is 1.64. The zero-order valence-corrected chi connectivity index (χ0v) is 26.9. The molecule has 2 aliphatic rings. The van der Waals surface area contributed by atoms with E-state index < -0.39 is 35.3 Å². The third kappa shape index (κ3) is 7.35. The lowest BCUT2D eigenvalue weighted by atomic mass is 10.0. The van der Waals surface area contributed by atoms with E-state index in [9.17, 15) is 29.4 Å². The van der Waals surface area contributed by atoms with Crippen molar-refractivity contribution in [2.75, 3.05) is 17.3 Å². The number of carboxylic acids is 2. The number of thiophene rings is 1. The Morgan fingerprint density at radius 1 is 1.12 bits per heavy atom. The summed E-state index contributed by atoms with van der Waals surface area (Å²) in [7, 11) is 0. The lowest BCUT2D eigenvalue weighted by Gasteiger charge is -2.49. The fraction of sp³-hybridized carbons (Fsp3) is 0.250. The van der Waals surface area contributed by atoms with Gasteiger partial charge in [0.2, 0.25) is 5.91 Å². The molecule has 1 fully saturated rings. The van der Waals surface area contributed by atoms with E-state index in [1.165, 1.54) is 51.5 Å². The number of fused-ring (bicyclic) bond motifs is 1. The second-order valence-corrected chi connectivity index (χ2v) is 14.5. The molecule has 1 aromatic carbocycles. The highest BCUT2D eigenvalue weighted by Crippen LogP contribution is 2.41. The Hall–Kier alpha value is -2.68.